The summed E-state index contributed by atoms with van der Waals surface area (Å²) in [6.07, 6.45) is 9.72. The van der Waals surface area contributed by atoms with Crippen LogP contribution in [0.25, 0.3) is 5.57 Å². The van der Waals surface area contributed by atoms with Crippen LogP contribution in [0.15, 0.2) is 35.6 Å². The van der Waals surface area contributed by atoms with Gasteiger partial charge < -0.3 is 0 Å². The normalized spacial score (nSPS) is 16.6. The number of anilines is 1. The molecular formula is C18H20ClN3O2S2. The van der Waals surface area contributed by atoms with E-state index in [2.05, 4.69) is 15.3 Å². The first-order chi connectivity index (χ1) is 12.6. The van der Waals surface area contributed by atoms with Gasteiger partial charge in [-0.3, -0.25) is 14.3 Å². The minimum Gasteiger partial charge on any atom is -0.298 e. The van der Waals surface area contributed by atoms with Gasteiger partial charge in [0.1, 0.15) is 9.36 Å². The number of hydrogen-bond acceptors (Lipinski definition) is 5. The van der Waals surface area contributed by atoms with Gasteiger partial charge in [-0.05, 0) is 30.9 Å². The number of rotatable bonds is 6. The van der Waals surface area contributed by atoms with Crippen molar-refractivity contribution < 1.29 is 9.00 Å². The van der Waals surface area contributed by atoms with Crippen molar-refractivity contribution in [3.8, 4) is 0 Å². The Bertz CT molecular complexity index is 827. The molecule has 138 valence electrons. The molecule has 2 heterocycles. The summed E-state index contributed by atoms with van der Waals surface area (Å²) >= 11 is 7.11. The number of thiazole rings is 1. The van der Waals surface area contributed by atoms with Crippen molar-refractivity contribution in [2.24, 2.45) is 5.92 Å². The molecule has 5 nitrogen and oxygen atoms in total. The van der Waals surface area contributed by atoms with E-state index in [0.29, 0.717) is 37.3 Å². The van der Waals surface area contributed by atoms with Gasteiger partial charge in [0.25, 0.3) is 5.91 Å². The third-order valence-electron chi connectivity index (χ3n) is 4.29. The van der Waals surface area contributed by atoms with Gasteiger partial charge in [-0.1, -0.05) is 48.8 Å². The third kappa shape index (κ3) is 4.78. The highest BCUT2D eigenvalue weighted by atomic mass is 35.5. The first-order valence-corrected chi connectivity index (χ1v) is 11.1. The molecule has 0 aromatic carbocycles. The lowest BCUT2D eigenvalue weighted by Gasteiger charge is -2.11. The van der Waals surface area contributed by atoms with Crippen LogP contribution in [0.5, 0.6) is 0 Å². The van der Waals surface area contributed by atoms with Crippen molar-refractivity contribution in [1.29, 1.82) is 0 Å². The van der Waals surface area contributed by atoms with Gasteiger partial charge in [-0.2, -0.15) is 0 Å². The van der Waals surface area contributed by atoms with Crippen LogP contribution < -0.4 is 5.32 Å². The van der Waals surface area contributed by atoms with Gasteiger partial charge in [0.15, 0.2) is 5.13 Å². The van der Waals surface area contributed by atoms with E-state index in [1.807, 2.05) is 19.1 Å². The fourth-order valence-corrected chi connectivity index (χ4v) is 4.45. The molecule has 1 saturated carbocycles. The van der Waals surface area contributed by atoms with Gasteiger partial charge in [-0.15, -0.1) is 0 Å². The molecule has 0 aliphatic heterocycles. The van der Waals surface area contributed by atoms with Crippen LogP contribution in [0, 0.1) is 5.92 Å². The summed E-state index contributed by atoms with van der Waals surface area (Å²) in [7, 11) is -1.11. The molecular weight excluding hydrogens is 390 g/mol. The Balaban J connectivity index is 1.87. The second-order valence-electron chi connectivity index (χ2n) is 6.07. The van der Waals surface area contributed by atoms with Crippen LogP contribution in [0.4, 0.5) is 5.13 Å². The SMILES string of the molecule is CCS(=O)c1ccc(C(=CC2CCCC2)C(=O)Nc2ncc(Cl)s2)cn1. The van der Waals surface area contributed by atoms with E-state index in [4.69, 9.17) is 11.6 Å². The van der Waals surface area contributed by atoms with Crippen LogP contribution in [-0.2, 0) is 15.6 Å². The standard InChI is InChI=1S/C18H20ClN3O2S2/c1-2-26(24)16-8-7-13(10-20-16)14(9-12-5-3-4-6-12)17(23)22-18-21-11-15(19)25-18/h7-12H,2-6H2,1H3,(H,21,22,23). The summed E-state index contributed by atoms with van der Waals surface area (Å²) in [5, 5.41) is 3.81. The van der Waals surface area contributed by atoms with Gasteiger partial charge in [0, 0.05) is 23.1 Å². The Morgan fingerprint density at radius 1 is 1.35 bits per heavy atom. The highest BCUT2D eigenvalue weighted by Crippen LogP contribution is 2.30. The Hall–Kier alpha value is -1.57. The average Bonchev–Trinajstić information content (AvgIpc) is 3.30. The molecule has 1 aliphatic carbocycles. The summed E-state index contributed by atoms with van der Waals surface area (Å²) in [6, 6.07) is 3.54. The van der Waals surface area contributed by atoms with Gasteiger partial charge >= 0.3 is 0 Å². The number of amides is 1. The zero-order valence-corrected chi connectivity index (χ0v) is 16.8. The van der Waals surface area contributed by atoms with Crippen LogP contribution in [0.2, 0.25) is 4.34 Å². The predicted molar refractivity (Wildman–Crippen MR) is 107 cm³/mol. The Morgan fingerprint density at radius 2 is 2.12 bits per heavy atom. The van der Waals surface area contributed by atoms with E-state index in [-0.39, 0.29) is 5.91 Å². The Morgan fingerprint density at radius 3 is 2.69 bits per heavy atom. The number of nitrogens with one attached hydrogen (secondary N) is 1. The molecule has 8 heteroatoms. The summed E-state index contributed by atoms with van der Waals surface area (Å²) < 4.78 is 12.4. The molecule has 2 aromatic rings. The number of pyridine rings is 1. The lowest BCUT2D eigenvalue weighted by Crippen LogP contribution is -2.15. The lowest BCUT2D eigenvalue weighted by atomic mass is 9.99. The van der Waals surface area contributed by atoms with Crippen LogP contribution in [0.1, 0.15) is 38.2 Å². The van der Waals surface area contributed by atoms with Crippen molar-refractivity contribution in [2.75, 3.05) is 11.1 Å². The lowest BCUT2D eigenvalue weighted by molar-refractivity contribution is -0.111. The minimum absolute atomic E-state index is 0.228. The first kappa shape index (κ1) is 19.2. The van der Waals surface area contributed by atoms with Crippen molar-refractivity contribution in [3.05, 3.63) is 40.5 Å². The number of allylic oxidation sites excluding steroid dienone is 1. The molecule has 26 heavy (non-hydrogen) atoms. The van der Waals surface area contributed by atoms with Crippen LogP contribution in [0.3, 0.4) is 0 Å². The molecule has 1 N–H and O–H groups in total. The first-order valence-electron chi connectivity index (χ1n) is 8.56. The van der Waals surface area contributed by atoms with Crippen LogP contribution in [-0.4, -0.2) is 25.8 Å². The quantitative estimate of drug-likeness (QED) is 0.711. The van der Waals surface area contributed by atoms with Crippen molar-refractivity contribution in [2.45, 2.75) is 37.6 Å². The Kier molecular flexibility index (Phi) is 6.56. The van der Waals surface area contributed by atoms with E-state index in [0.717, 1.165) is 12.8 Å². The number of nitrogens with zero attached hydrogens (tertiary/aromatic N) is 2. The van der Waals surface area contributed by atoms with Crippen molar-refractivity contribution in [3.63, 3.8) is 0 Å². The van der Waals surface area contributed by atoms with Crippen LogP contribution >= 0.6 is 22.9 Å². The molecule has 1 aliphatic rings. The highest BCUT2D eigenvalue weighted by Gasteiger charge is 2.20. The maximum atomic E-state index is 12.8. The number of carbonyl (C=O) groups is 1. The summed E-state index contributed by atoms with van der Waals surface area (Å²) in [6.45, 7) is 1.85. The summed E-state index contributed by atoms with van der Waals surface area (Å²) in [5.74, 6) is 0.678. The molecule has 0 radical (unpaired) electrons. The van der Waals surface area contributed by atoms with Gasteiger partial charge in [0.05, 0.1) is 17.0 Å². The molecule has 3 rings (SSSR count). The number of hydrogen-bond donors (Lipinski definition) is 1. The molecule has 1 atom stereocenters. The van der Waals surface area contributed by atoms with E-state index in [1.54, 1.807) is 12.3 Å². The zero-order valence-electron chi connectivity index (χ0n) is 14.4. The summed E-state index contributed by atoms with van der Waals surface area (Å²) in [5.41, 5.74) is 1.29. The van der Waals surface area contributed by atoms with Crippen molar-refractivity contribution in [1.82, 2.24) is 9.97 Å². The smallest absolute Gasteiger partial charge is 0.257 e. The molecule has 1 unspecified atom stereocenters. The van der Waals surface area contributed by atoms with E-state index in [1.165, 1.54) is 30.4 Å². The fourth-order valence-electron chi connectivity index (χ4n) is 2.96. The predicted octanol–water partition coefficient (Wildman–Crippen LogP) is 4.53. The topological polar surface area (TPSA) is 72.0 Å². The maximum absolute atomic E-state index is 12.8. The molecule has 1 amide bonds. The second kappa shape index (κ2) is 8.88. The number of aromatic nitrogens is 2. The molecule has 2 aromatic heterocycles. The highest BCUT2D eigenvalue weighted by molar-refractivity contribution is 7.84. The van der Waals surface area contributed by atoms with Gasteiger partial charge in [0.2, 0.25) is 0 Å². The molecule has 0 saturated heterocycles. The number of halogens is 1. The zero-order chi connectivity index (χ0) is 18.5. The molecule has 0 spiro atoms. The molecule has 0 bridgehead atoms. The summed E-state index contributed by atoms with van der Waals surface area (Å²) in [4.78, 5) is 21.2. The third-order valence-corrected chi connectivity index (χ3v) is 6.55. The van der Waals surface area contributed by atoms with E-state index >= 15 is 0 Å². The monoisotopic (exact) mass is 409 g/mol. The number of carbonyl (C=O) groups excluding carboxylic acids is 1. The minimum atomic E-state index is -1.11. The van der Waals surface area contributed by atoms with Gasteiger partial charge in [-0.25, -0.2) is 9.97 Å². The maximum Gasteiger partial charge on any atom is 0.257 e. The van der Waals surface area contributed by atoms with E-state index < -0.39 is 10.8 Å². The van der Waals surface area contributed by atoms with Crippen molar-refractivity contribution >= 4 is 50.3 Å². The largest absolute Gasteiger partial charge is 0.298 e. The second-order valence-corrected chi connectivity index (χ2v) is 9.42. The van der Waals surface area contributed by atoms with E-state index in [9.17, 15) is 9.00 Å². The fraction of sp³-hybridized carbons (Fsp3) is 0.389. The molecule has 1 fully saturated rings. The Labute approximate surface area is 164 Å². The average molecular weight is 410 g/mol.